The second kappa shape index (κ2) is 4.41. The van der Waals surface area contributed by atoms with E-state index in [0.29, 0.717) is 19.0 Å². The van der Waals surface area contributed by atoms with Gasteiger partial charge >= 0.3 is 5.97 Å². The van der Waals surface area contributed by atoms with Crippen LogP contribution in [0.25, 0.3) is 0 Å². The maximum Gasteiger partial charge on any atom is 0.308 e. The Balaban J connectivity index is 1.67. The lowest BCUT2D eigenvalue weighted by Crippen LogP contribution is -2.34. The van der Waals surface area contributed by atoms with E-state index in [0.717, 1.165) is 25.7 Å². The fraction of sp³-hybridized carbons (Fsp3) is 0.714. The van der Waals surface area contributed by atoms with Gasteiger partial charge in [-0.05, 0) is 37.5 Å². The predicted molar refractivity (Wildman–Crippen MR) is 65.8 cm³/mol. The third kappa shape index (κ3) is 2.04. The van der Waals surface area contributed by atoms with Crippen molar-refractivity contribution in [2.75, 3.05) is 13.1 Å². The number of amides is 1. The molecular formula is C14H19NO3. The molecule has 18 heavy (non-hydrogen) atoms. The Morgan fingerprint density at radius 3 is 2.33 bits per heavy atom. The molecule has 4 heteroatoms. The van der Waals surface area contributed by atoms with Gasteiger partial charge in [0.05, 0.1) is 5.92 Å². The van der Waals surface area contributed by atoms with Gasteiger partial charge in [0, 0.05) is 19.0 Å². The van der Waals surface area contributed by atoms with Crippen molar-refractivity contribution in [3.63, 3.8) is 0 Å². The Hall–Kier alpha value is -1.32. The van der Waals surface area contributed by atoms with E-state index in [4.69, 9.17) is 0 Å². The van der Waals surface area contributed by atoms with Crippen molar-refractivity contribution in [3.05, 3.63) is 12.2 Å². The van der Waals surface area contributed by atoms with Gasteiger partial charge in [0.2, 0.25) is 5.91 Å². The lowest BCUT2D eigenvalue weighted by Gasteiger charge is -2.20. The number of aliphatic carboxylic acids is 1. The fourth-order valence-corrected chi connectivity index (χ4v) is 3.35. The Kier molecular flexibility index (Phi) is 2.88. The Bertz CT molecular complexity index is 392. The molecule has 0 aromatic rings. The summed E-state index contributed by atoms with van der Waals surface area (Å²) in [6.45, 7) is 1.09. The molecule has 2 aliphatic carbocycles. The van der Waals surface area contributed by atoms with Gasteiger partial charge in [-0.2, -0.15) is 0 Å². The van der Waals surface area contributed by atoms with Crippen molar-refractivity contribution in [1.29, 1.82) is 0 Å². The van der Waals surface area contributed by atoms with Crippen molar-refractivity contribution in [2.24, 2.45) is 23.7 Å². The number of carbonyl (C=O) groups is 2. The summed E-state index contributed by atoms with van der Waals surface area (Å²) < 4.78 is 0. The smallest absolute Gasteiger partial charge is 0.308 e. The molecule has 0 spiro atoms. The number of rotatable bonds is 3. The van der Waals surface area contributed by atoms with Crippen LogP contribution in [0, 0.1) is 23.7 Å². The molecule has 1 saturated carbocycles. The largest absolute Gasteiger partial charge is 0.481 e. The van der Waals surface area contributed by atoms with Crippen LogP contribution in [0.15, 0.2) is 12.2 Å². The number of carbonyl (C=O) groups excluding carboxylic acids is 1. The highest BCUT2D eigenvalue weighted by molar-refractivity contribution is 5.81. The van der Waals surface area contributed by atoms with E-state index in [1.807, 2.05) is 12.2 Å². The van der Waals surface area contributed by atoms with Gasteiger partial charge in [-0.25, -0.2) is 0 Å². The maximum atomic E-state index is 12.3. The van der Waals surface area contributed by atoms with Crippen molar-refractivity contribution in [1.82, 2.24) is 4.90 Å². The molecule has 1 heterocycles. The molecule has 0 aromatic carbocycles. The molecule has 98 valence electrons. The van der Waals surface area contributed by atoms with E-state index in [1.54, 1.807) is 4.90 Å². The SMILES string of the molecule is O=C(O)[C@H]1CN(C(=O)C2CC=CC2)C[C@@H]1C1CC1. The third-order valence-corrected chi connectivity index (χ3v) is 4.58. The van der Waals surface area contributed by atoms with E-state index in [9.17, 15) is 14.7 Å². The van der Waals surface area contributed by atoms with Gasteiger partial charge in [-0.3, -0.25) is 9.59 Å². The number of carboxylic acid groups (broad SMARTS) is 1. The molecule has 2 fully saturated rings. The normalized spacial score (nSPS) is 32.1. The van der Waals surface area contributed by atoms with Crippen molar-refractivity contribution < 1.29 is 14.7 Å². The molecule has 0 aromatic heterocycles. The van der Waals surface area contributed by atoms with E-state index in [-0.39, 0.29) is 23.7 Å². The molecule has 1 saturated heterocycles. The van der Waals surface area contributed by atoms with Gasteiger partial charge in [0.25, 0.3) is 0 Å². The Labute approximate surface area is 107 Å². The van der Waals surface area contributed by atoms with E-state index in [2.05, 4.69) is 0 Å². The second-order valence-electron chi connectivity index (χ2n) is 5.83. The molecule has 0 bridgehead atoms. The number of likely N-dealkylation sites (tertiary alicyclic amines) is 1. The number of carboxylic acids is 1. The zero-order valence-electron chi connectivity index (χ0n) is 10.4. The van der Waals surface area contributed by atoms with Gasteiger partial charge in [-0.1, -0.05) is 12.2 Å². The van der Waals surface area contributed by atoms with Crippen LogP contribution < -0.4 is 0 Å². The molecule has 4 nitrogen and oxygen atoms in total. The number of allylic oxidation sites excluding steroid dienone is 2. The van der Waals surface area contributed by atoms with Crippen LogP contribution >= 0.6 is 0 Å². The summed E-state index contributed by atoms with van der Waals surface area (Å²) in [6.07, 6.45) is 8.02. The summed E-state index contributed by atoms with van der Waals surface area (Å²) in [5.41, 5.74) is 0. The second-order valence-corrected chi connectivity index (χ2v) is 5.83. The standard InChI is InChI=1S/C14H19NO3/c16-13(10-3-1-2-4-10)15-7-11(9-5-6-9)12(8-15)14(17)18/h1-2,9-12H,3-8H2,(H,17,18)/t11-,12+/m1/s1. The minimum absolute atomic E-state index is 0.0670. The van der Waals surface area contributed by atoms with Gasteiger partial charge in [-0.15, -0.1) is 0 Å². The summed E-state index contributed by atoms with van der Waals surface area (Å²) in [5.74, 6) is -0.0965. The number of hydrogen-bond donors (Lipinski definition) is 1. The van der Waals surface area contributed by atoms with E-state index < -0.39 is 5.97 Å². The highest BCUT2D eigenvalue weighted by Crippen LogP contribution is 2.44. The minimum Gasteiger partial charge on any atom is -0.481 e. The Morgan fingerprint density at radius 1 is 1.11 bits per heavy atom. The van der Waals surface area contributed by atoms with E-state index in [1.165, 1.54) is 0 Å². The molecule has 2 atom stereocenters. The first kappa shape index (κ1) is 11.8. The van der Waals surface area contributed by atoms with Crippen LogP contribution in [0.2, 0.25) is 0 Å². The highest BCUT2D eigenvalue weighted by Gasteiger charge is 2.47. The molecule has 0 unspecified atom stereocenters. The van der Waals surface area contributed by atoms with Gasteiger partial charge < -0.3 is 10.0 Å². The van der Waals surface area contributed by atoms with Crippen LogP contribution in [-0.2, 0) is 9.59 Å². The number of hydrogen-bond acceptors (Lipinski definition) is 2. The molecule has 1 aliphatic heterocycles. The zero-order chi connectivity index (χ0) is 12.7. The van der Waals surface area contributed by atoms with Crippen LogP contribution in [0.3, 0.4) is 0 Å². The lowest BCUT2D eigenvalue weighted by atomic mass is 9.92. The first-order chi connectivity index (χ1) is 8.66. The number of nitrogens with zero attached hydrogens (tertiary/aromatic N) is 1. The fourth-order valence-electron chi connectivity index (χ4n) is 3.35. The van der Waals surface area contributed by atoms with Crippen molar-refractivity contribution in [3.8, 4) is 0 Å². The molecule has 1 N–H and O–H groups in total. The molecule has 3 aliphatic rings. The van der Waals surface area contributed by atoms with Crippen LogP contribution in [-0.4, -0.2) is 35.0 Å². The quantitative estimate of drug-likeness (QED) is 0.771. The van der Waals surface area contributed by atoms with Crippen LogP contribution in [0.5, 0.6) is 0 Å². The molecule has 1 amide bonds. The predicted octanol–water partition coefficient (Wildman–Crippen LogP) is 1.52. The van der Waals surface area contributed by atoms with Crippen molar-refractivity contribution >= 4 is 11.9 Å². The van der Waals surface area contributed by atoms with Crippen molar-refractivity contribution in [2.45, 2.75) is 25.7 Å². The molecule has 0 radical (unpaired) electrons. The zero-order valence-corrected chi connectivity index (χ0v) is 10.4. The highest BCUT2D eigenvalue weighted by atomic mass is 16.4. The maximum absolute atomic E-state index is 12.3. The van der Waals surface area contributed by atoms with Gasteiger partial charge in [0.15, 0.2) is 0 Å². The Morgan fingerprint density at radius 2 is 1.78 bits per heavy atom. The first-order valence-corrected chi connectivity index (χ1v) is 6.83. The summed E-state index contributed by atoms with van der Waals surface area (Å²) in [5, 5.41) is 9.27. The topological polar surface area (TPSA) is 57.6 Å². The molecule has 3 rings (SSSR count). The van der Waals surface area contributed by atoms with E-state index >= 15 is 0 Å². The van der Waals surface area contributed by atoms with Crippen LogP contribution in [0.1, 0.15) is 25.7 Å². The average Bonchev–Trinajstić information content (AvgIpc) is 2.91. The lowest BCUT2D eigenvalue weighted by molar-refractivity contribution is -0.143. The first-order valence-electron chi connectivity index (χ1n) is 6.83. The summed E-state index contributed by atoms with van der Waals surface area (Å²) in [7, 11) is 0. The third-order valence-electron chi connectivity index (χ3n) is 4.58. The molecular weight excluding hydrogens is 230 g/mol. The summed E-state index contributed by atoms with van der Waals surface area (Å²) in [6, 6.07) is 0. The summed E-state index contributed by atoms with van der Waals surface area (Å²) in [4.78, 5) is 25.4. The van der Waals surface area contributed by atoms with Gasteiger partial charge in [0.1, 0.15) is 0 Å². The minimum atomic E-state index is -0.730. The average molecular weight is 249 g/mol. The summed E-state index contributed by atoms with van der Waals surface area (Å²) >= 11 is 0. The monoisotopic (exact) mass is 249 g/mol. The van der Waals surface area contributed by atoms with Crippen LogP contribution in [0.4, 0.5) is 0 Å².